The van der Waals surface area contributed by atoms with Crippen molar-refractivity contribution >= 4 is 11.4 Å². The predicted octanol–water partition coefficient (Wildman–Crippen LogP) is 1.40. The molecule has 0 atom stereocenters. The molecule has 0 radical (unpaired) electrons. The highest BCUT2D eigenvalue weighted by Gasteiger charge is 2.15. The third-order valence-electron chi connectivity index (χ3n) is 2.16. The molecule has 3 N–H and O–H groups in total. The van der Waals surface area contributed by atoms with Gasteiger partial charge < -0.3 is 15.5 Å². The second kappa shape index (κ2) is 5.32. The minimum Gasteiger partial charge on any atom is -0.507 e. The summed E-state index contributed by atoms with van der Waals surface area (Å²) in [6.45, 7) is 2.13. The van der Waals surface area contributed by atoms with Crippen LogP contribution in [0.2, 0.25) is 0 Å². The number of nitrogens with zero attached hydrogens (tertiary/aromatic N) is 1. The van der Waals surface area contributed by atoms with Crippen LogP contribution in [0.1, 0.15) is 12.0 Å². The van der Waals surface area contributed by atoms with Gasteiger partial charge in [0.25, 0.3) is 5.69 Å². The molecule has 0 saturated carbocycles. The quantitative estimate of drug-likeness (QED) is 0.305. The van der Waals surface area contributed by atoms with Gasteiger partial charge in [0.05, 0.1) is 11.0 Å². The SMILES string of the molecule is Cc1cc(NCCCO)c([N+](=O)[O-])cc1O. The van der Waals surface area contributed by atoms with E-state index in [1.165, 1.54) is 6.07 Å². The standard InChI is InChI=1S/C10H14N2O4/c1-7-5-8(11-3-2-4-13)9(12(15)16)6-10(7)14/h5-6,11,13-14H,2-4H2,1H3. The van der Waals surface area contributed by atoms with E-state index in [4.69, 9.17) is 5.11 Å². The maximum atomic E-state index is 10.7. The summed E-state index contributed by atoms with van der Waals surface area (Å²) in [4.78, 5) is 10.2. The van der Waals surface area contributed by atoms with E-state index in [1.54, 1.807) is 6.92 Å². The van der Waals surface area contributed by atoms with Crippen LogP contribution < -0.4 is 5.32 Å². The summed E-state index contributed by atoms with van der Waals surface area (Å²) in [5, 5.41) is 31.6. The van der Waals surface area contributed by atoms with Crippen LogP contribution in [0.3, 0.4) is 0 Å². The van der Waals surface area contributed by atoms with Crippen molar-refractivity contribution in [2.45, 2.75) is 13.3 Å². The first kappa shape index (κ1) is 12.3. The van der Waals surface area contributed by atoms with E-state index in [-0.39, 0.29) is 18.0 Å². The number of aliphatic hydroxyl groups is 1. The Balaban J connectivity index is 2.95. The molecule has 1 aromatic carbocycles. The van der Waals surface area contributed by atoms with Crippen molar-refractivity contribution in [1.29, 1.82) is 0 Å². The van der Waals surface area contributed by atoms with Crippen LogP contribution in [0.25, 0.3) is 0 Å². The monoisotopic (exact) mass is 226 g/mol. The topological polar surface area (TPSA) is 95.6 Å². The maximum absolute atomic E-state index is 10.7. The van der Waals surface area contributed by atoms with Crippen molar-refractivity contribution in [2.24, 2.45) is 0 Å². The van der Waals surface area contributed by atoms with Crippen LogP contribution in [-0.4, -0.2) is 28.3 Å². The fourth-order valence-electron chi connectivity index (χ4n) is 1.28. The molecule has 16 heavy (non-hydrogen) atoms. The molecule has 0 fully saturated rings. The zero-order valence-corrected chi connectivity index (χ0v) is 8.93. The Morgan fingerprint density at radius 3 is 2.75 bits per heavy atom. The molecule has 6 heteroatoms. The van der Waals surface area contributed by atoms with Crippen LogP contribution >= 0.6 is 0 Å². The van der Waals surface area contributed by atoms with E-state index in [2.05, 4.69) is 5.32 Å². The second-order valence-electron chi connectivity index (χ2n) is 3.42. The van der Waals surface area contributed by atoms with Crippen molar-refractivity contribution < 1.29 is 15.1 Å². The Hall–Kier alpha value is -1.82. The van der Waals surface area contributed by atoms with E-state index in [0.717, 1.165) is 6.07 Å². The number of hydrogen-bond acceptors (Lipinski definition) is 5. The van der Waals surface area contributed by atoms with Crippen molar-refractivity contribution in [3.05, 3.63) is 27.8 Å². The van der Waals surface area contributed by atoms with Crippen molar-refractivity contribution in [3.63, 3.8) is 0 Å². The van der Waals surface area contributed by atoms with Crippen molar-refractivity contribution in [1.82, 2.24) is 0 Å². The number of phenols is 1. The molecular formula is C10H14N2O4. The van der Waals surface area contributed by atoms with Crippen LogP contribution in [0.5, 0.6) is 5.75 Å². The molecule has 0 aliphatic heterocycles. The molecule has 0 bridgehead atoms. The van der Waals surface area contributed by atoms with Crippen LogP contribution in [-0.2, 0) is 0 Å². The van der Waals surface area contributed by atoms with Gasteiger partial charge in [-0.15, -0.1) is 0 Å². The number of anilines is 1. The third kappa shape index (κ3) is 2.83. The van der Waals surface area contributed by atoms with E-state index in [0.29, 0.717) is 24.2 Å². The van der Waals surface area contributed by atoms with Gasteiger partial charge in [0.2, 0.25) is 0 Å². The van der Waals surface area contributed by atoms with Gasteiger partial charge in [0, 0.05) is 13.2 Å². The molecular weight excluding hydrogens is 212 g/mol. The van der Waals surface area contributed by atoms with Crippen LogP contribution in [0.15, 0.2) is 12.1 Å². The number of aliphatic hydroxyl groups excluding tert-OH is 1. The summed E-state index contributed by atoms with van der Waals surface area (Å²) in [5.74, 6) is -0.0978. The Labute approximate surface area is 92.7 Å². The minimum absolute atomic E-state index is 0.0257. The number of aryl methyl sites for hydroxylation is 1. The number of benzene rings is 1. The Kier molecular flexibility index (Phi) is 4.07. The fraction of sp³-hybridized carbons (Fsp3) is 0.400. The van der Waals surface area contributed by atoms with Gasteiger partial charge in [-0.3, -0.25) is 10.1 Å². The molecule has 1 rings (SSSR count). The lowest BCUT2D eigenvalue weighted by Crippen LogP contribution is -2.06. The normalized spacial score (nSPS) is 10.1. The summed E-state index contributed by atoms with van der Waals surface area (Å²) < 4.78 is 0. The first-order valence-electron chi connectivity index (χ1n) is 4.89. The first-order valence-corrected chi connectivity index (χ1v) is 4.89. The second-order valence-corrected chi connectivity index (χ2v) is 3.42. The highest BCUT2D eigenvalue weighted by Crippen LogP contribution is 2.31. The number of phenolic OH excluding ortho intramolecular Hbond substituents is 1. The lowest BCUT2D eigenvalue weighted by molar-refractivity contribution is -0.384. The summed E-state index contributed by atoms with van der Waals surface area (Å²) >= 11 is 0. The molecule has 0 unspecified atom stereocenters. The van der Waals surface area contributed by atoms with Gasteiger partial charge in [0.1, 0.15) is 11.4 Å². The van der Waals surface area contributed by atoms with E-state index < -0.39 is 4.92 Å². The average molecular weight is 226 g/mol. The molecule has 0 heterocycles. The Bertz CT molecular complexity index is 393. The zero-order valence-electron chi connectivity index (χ0n) is 8.93. The number of aromatic hydroxyl groups is 1. The molecule has 88 valence electrons. The molecule has 6 nitrogen and oxygen atoms in total. The number of nitro benzene ring substituents is 1. The molecule has 0 aliphatic rings. The fourth-order valence-corrected chi connectivity index (χ4v) is 1.28. The third-order valence-corrected chi connectivity index (χ3v) is 2.16. The number of nitrogens with one attached hydrogen (secondary N) is 1. The molecule has 0 amide bonds. The lowest BCUT2D eigenvalue weighted by atomic mass is 10.1. The van der Waals surface area contributed by atoms with Gasteiger partial charge in [-0.2, -0.15) is 0 Å². The summed E-state index contributed by atoms with van der Waals surface area (Å²) in [6, 6.07) is 2.64. The lowest BCUT2D eigenvalue weighted by Gasteiger charge is -2.08. The summed E-state index contributed by atoms with van der Waals surface area (Å²) in [7, 11) is 0. The van der Waals surface area contributed by atoms with Gasteiger partial charge in [-0.05, 0) is 25.0 Å². The molecule has 1 aromatic rings. The van der Waals surface area contributed by atoms with E-state index in [9.17, 15) is 15.2 Å². The number of rotatable bonds is 5. The minimum atomic E-state index is -0.555. The van der Waals surface area contributed by atoms with Crippen LogP contribution in [0.4, 0.5) is 11.4 Å². The van der Waals surface area contributed by atoms with E-state index in [1.807, 2.05) is 0 Å². The summed E-state index contributed by atoms with van der Waals surface area (Å²) in [5.41, 5.74) is 0.756. The smallest absolute Gasteiger partial charge is 0.296 e. The molecule has 0 saturated heterocycles. The van der Waals surface area contributed by atoms with Gasteiger partial charge in [0.15, 0.2) is 0 Å². The first-order chi connectivity index (χ1) is 7.56. The molecule has 0 aliphatic carbocycles. The van der Waals surface area contributed by atoms with E-state index >= 15 is 0 Å². The van der Waals surface area contributed by atoms with Crippen molar-refractivity contribution in [2.75, 3.05) is 18.5 Å². The van der Waals surface area contributed by atoms with Gasteiger partial charge in [-0.25, -0.2) is 0 Å². The van der Waals surface area contributed by atoms with Crippen molar-refractivity contribution in [3.8, 4) is 5.75 Å². The molecule has 0 aromatic heterocycles. The largest absolute Gasteiger partial charge is 0.507 e. The number of nitro groups is 1. The highest BCUT2D eigenvalue weighted by molar-refractivity contribution is 5.65. The Morgan fingerprint density at radius 2 is 2.19 bits per heavy atom. The van der Waals surface area contributed by atoms with Crippen LogP contribution in [0, 0.1) is 17.0 Å². The van der Waals surface area contributed by atoms with Gasteiger partial charge in [-0.1, -0.05) is 0 Å². The zero-order chi connectivity index (χ0) is 12.1. The Morgan fingerprint density at radius 1 is 1.50 bits per heavy atom. The number of hydrogen-bond donors (Lipinski definition) is 3. The maximum Gasteiger partial charge on any atom is 0.296 e. The molecule has 0 spiro atoms. The highest BCUT2D eigenvalue weighted by atomic mass is 16.6. The van der Waals surface area contributed by atoms with Gasteiger partial charge >= 0.3 is 0 Å². The summed E-state index contributed by atoms with van der Waals surface area (Å²) in [6.07, 6.45) is 0.511. The average Bonchev–Trinajstić information content (AvgIpc) is 2.23. The predicted molar refractivity (Wildman–Crippen MR) is 59.7 cm³/mol.